The summed E-state index contributed by atoms with van der Waals surface area (Å²) in [5.41, 5.74) is 2.65. The molecule has 4 heteroatoms. The summed E-state index contributed by atoms with van der Waals surface area (Å²) in [4.78, 5) is 2.11. The van der Waals surface area contributed by atoms with Crippen molar-refractivity contribution in [2.45, 2.75) is 26.1 Å². The fraction of sp³-hybridized carbons (Fsp3) is 0.294. The smallest absolute Gasteiger partial charge is 0.163 e. The average molecular weight is 288 g/mol. The maximum absolute atomic E-state index is 13.9. The fourth-order valence-corrected chi connectivity index (χ4v) is 2.77. The normalized spacial score (nSPS) is 18.2. The molecule has 0 saturated carbocycles. The molecule has 110 valence electrons. The average Bonchev–Trinajstić information content (AvgIpc) is 2.64. The summed E-state index contributed by atoms with van der Waals surface area (Å²) in [6.45, 7) is 4.01. The van der Waals surface area contributed by atoms with Crippen molar-refractivity contribution < 1.29 is 8.78 Å². The van der Waals surface area contributed by atoms with Crippen LogP contribution in [-0.4, -0.2) is 12.6 Å². The highest BCUT2D eigenvalue weighted by Crippen LogP contribution is 2.26. The van der Waals surface area contributed by atoms with Crippen molar-refractivity contribution in [1.82, 2.24) is 5.32 Å². The monoisotopic (exact) mass is 288 g/mol. The number of hydrogen-bond donors (Lipinski definition) is 1. The van der Waals surface area contributed by atoms with Crippen LogP contribution in [0.5, 0.6) is 0 Å². The van der Waals surface area contributed by atoms with Crippen LogP contribution in [0, 0.1) is 11.6 Å². The highest BCUT2D eigenvalue weighted by atomic mass is 19.2. The lowest BCUT2D eigenvalue weighted by molar-refractivity contribution is 0.494. The van der Waals surface area contributed by atoms with Crippen molar-refractivity contribution in [3.63, 3.8) is 0 Å². The largest absolute Gasteiger partial charge is 0.365 e. The van der Waals surface area contributed by atoms with Crippen molar-refractivity contribution in [3.8, 4) is 0 Å². The van der Waals surface area contributed by atoms with Crippen LogP contribution in [0.4, 0.5) is 14.5 Å². The van der Waals surface area contributed by atoms with E-state index < -0.39 is 11.6 Å². The second-order valence-electron chi connectivity index (χ2n) is 5.50. The molecule has 2 aromatic rings. The molecule has 2 nitrogen and oxygen atoms in total. The second-order valence-corrected chi connectivity index (χ2v) is 5.50. The lowest BCUT2D eigenvalue weighted by Crippen LogP contribution is -2.35. The van der Waals surface area contributed by atoms with E-state index in [0.29, 0.717) is 12.1 Å². The van der Waals surface area contributed by atoms with E-state index >= 15 is 0 Å². The van der Waals surface area contributed by atoms with Gasteiger partial charge in [0.1, 0.15) is 0 Å². The van der Waals surface area contributed by atoms with Gasteiger partial charge in [0.15, 0.2) is 11.6 Å². The first-order valence-corrected chi connectivity index (χ1v) is 7.14. The van der Waals surface area contributed by atoms with Gasteiger partial charge in [0, 0.05) is 36.9 Å². The molecule has 0 fully saturated rings. The van der Waals surface area contributed by atoms with E-state index in [-0.39, 0.29) is 6.04 Å². The molecular formula is C17H18F2N2. The first-order chi connectivity index (χ1) is 10.1. The Morgan fingerprint density at radius 3 is 2.81 bits per heavy atom. The maximum atomic E-state index is 13.9. The van der Waals surface area contributed by atoms with E-state index in [1.54, 1.807) is 12.1 Å². The molecular weight excluding hydrogens is 270 g/mol. The zero-order valence-corrected chi connectivity index (χ0v) is 11.9. The summed E-state index contributed by atoms with van der Waals surface area (Å²) in [6, 6.07) is 12.7. The third-order valence-electron chi connectivity index (χ3n) is 3.86. The third-order valence-corrected chi connectivity index (χ3v) is 3.86. The summed E-state index contributed by atoms with van der Waals surface area (Å²) in [5.74, 6) is -1.54. The van der Waals surface area contributed by atoms with Crippen LogP contribution < -0.4 is 10.2 Å². The van der Waals surface area contributed by atoms with Crippen molar-refractivity contribution in [3.05, 3.63) is 65.2 Å². The van der Waals surface area contributed by atoms with Crippen LogP contribution in [-0.2, 0) is 13.1 Å². The van der Waals surface area contributed by atoms with Gasteiger partial charge < -0.3 is 10.2 Å². The van der Waals surface area contributed by atoms with Crippen LogP contribution in [0.3, 0.4) is 0 Å². The Balaban J connectivity index is 1.95. The maximum Gasteiger partial charge on any atom is 0.163 e. The zero-order chi connectivity index (χ0) is 14.8. The van der Waals surface area contributed by atoms with Crippen molar-refractivity contribution in [2.75, 3.05) is 11.4 Å². The molecule has 1 heterocycles. The van der Waals surface area contributed by atoms with Crippen LogP contribution in [0.25, 0.3) is 0 Å². The van der Waals surface area contributed by atoms with Crippen LogP contribution in [0.1, 0.15) is 18.1 Å². The quantitative estimate of drug-likeness (QED) is 0.910. The number of nitrogens with zero attached hydrogens (tertiary/aromatic N) is 1. The Bertz CT molecular complexity index is 642. The predicted octanol–water partition coefficient (Wildman–Crippen LogP) is 3.46. The number of rotatable bonds is 2. The molecule has 0 aromatic heterocycles. The van der Waals surface area contributed by atoms with Gasteiger partial charge in [-0.05, 0) is 24.6 Å². The number of benzene rings is 2. The minimum atomic E-state index is -0.790. The molecule has 1 unspecified atom stereocenters. The standard InChI is InChI=1S/C17H18F2N2/c1-12-10-21(11-14-6-4-7-15(18)17(14)19)16-8-3-2-5-13(16)9-20-12/h2-8,12,20H,9-11H2,1H3. The van der Waals surface area contributed by atoms with Crippen LogP contribution in [0.2, 0.25) is 0 Å². The van der Waals surface area contributed by atoms with E-state index in [4.69, 9.17) is 0 Å². The number of anilines is 1. The minimum Gasteiger partial charge on any atom is -0.365 e. The lowest BCUT2D eigenvalue weighted by atomic mass is 10.1. The topological polar surface area (TPSA) is 15.3 Å². The van der Waals surface area contributed by atoms with Gasteiger partial charge in [-0.2, -0.15) is 0 Å². The minimum absolute atomic E-state index is 0.286. The van der Waals surface area contributed by atoms with Crippen LogP contribution >= 0.6 is 0 Å². The van der Waals surface area contributed by atoms with Crippen LogP contribution in [0.15, 0.2) is 42.5 Å². The van der Waals surface area contributed by atoms with Gasteiger partial charge in [-0.25, -0.2) is 8.78 Å². The SMILES string of the molecule is CC1CN(Cc2cccc(F)c2F)c2ccccc2CN1. The second kappa shape index (κ2) is 5.82. The van der Waals surface area contributed by atoms with Gasteiger partial charge in [0.05, 0.1) is 0 Å². The fourth-order valence-electron chi connectivity index (χ4n) is 2.77. The molecule has 1 aliphatic heterocycles. The number of fused-ring (bicyclic) bond motifs is 1. The lowest BCUT2D eigenvalue weighted by Gasteiger charge is -2.26. The number of hydrogen-bond acceptors (Lipinski definition) is 2. The molecule has 3 rings (SSSR count). The van der Waals surface area contributed by atoms with Crippen molar-refractivity contribution >= 4 is 5.69 Å². The molecule has 0 radical (unpaired) electrons. The predicted molar refractivity (Wildman–Crippen MR) is 80.2 cm³/mol. The van der Waals surface area contributed by atoms with E-state index in [9.17, 15) is 8.78 Å². The van der Waals surface area contributed by atoms with E-state index in [1.807, 2.05) is 18.2 Å². The number of nitrogens with one attached hydrogen (secondary N) is 1. The number of halogens is 2. The molecule has 0 amide bonds. The van der Waals surface area contributed by atoms with Gasteiger partial charge in [0.2, 0.25) is 0 Å². The van der Waals surface area contributed by atoms with Gasteiger partial charge in [0.25, 0.3) is 0 Å². The van der Waals surface area contributed by atoms with E-state index in [2.05, 4.69) is 23.2 Å². The van der Waals surface area contributed by atoms with Gasteiger partial charge in [-0.15, -0.1) is 0 Å². The third kappa shape index (κ3) is 2.90. The molecule has 0 aliphatic carbocycles. The Hall–Kier alpha value is -1.94. The van der Waals surface area contributed by atoms with Gasteiger partial charge in [-0.3, -0.25) is 0 Å². The Kier molecular flexibility index (Phi) is 3.88. The first-order valence-electron chi connectivity index (χ1n) is 7.14. The Morgan fingerprint density at radius 2 is 1.95 bits per heavy atom. The summed E-state index contributed by atoms with van der Waals surface area (Å²) in [7, 11) is 0. The molecule has 0 saturated heterocycles. The van der Waals surface area contributed by atoms with Gasteiger partial charge in [-0.1, -0.05) is 30.3 Å². The summed E-state index contributed by atoms with van der Waals surface area (Å²) >= 11 is 0. The van der Waals surface area contributed by atoms with Crippen molar-refractivity contribution in [1.29, 1.82) is 0 Å². The Labute approximate surface area is 123 Å². The summed E-state index contributed by atoms with van der Waals surface area (Å²) in [5, 5.41) is 3.43. The molecule has 1 atom stereocenters. The molecule has 1 aliphatic rings. The zero-order valence-electron chi connectivity index (χ0n) is 11.9. The van der Waals surface area contributed by atoms with Gasteiger partial charge >= 0.3 is 0 Å². The van der Waals surface area contributed by atoms with E-state index in [0.717, 1.165) is 24.8 Å². The van der Waals surface area contributed by atoms with Crippen molar-refractivity contribution in [2.24, 2.45) is 0 Å². The summed E-state index contributed by atoms with van der Waals surface area (Å²) < 4.78 is 27.3. The summed E-state index contributed by atoms with van der Waals surface area (Å²) in [6.07, 6.45) is 0. The highest BCUT2D eigenvalue weighted by molar-refractivity contribution is 5.55. The molecule has 0 bridgehead atoms. The Morgan fingerprint density at radius 1 is 1.14 bits per heavy atom. The highest BCUT2D eigenvalue weighted by Gasteiger charge is 2.20. The molecule has 2 aromatic carbocycles. The van der Waals surface area contributed by atoms with E-state index in [1.165, 1.54) is 5.56 Å². The molecule has 1 N–H and O–H groups in total. The first kappa shape index (κ1) is 14.0. The number of para-hydroxylation sites is 1. The molecule has 0 spiro atoms. The molecule has 21 heavy (non-hydrogen) atoms.